The molecule has 0 bridgehead atoms. The van der Waals surface area contributed by atoms with Gasteiger partial charge in [-0.05, 0) is 38.0 Å². The summed E-state index contributed by atoms with van der Waals surface area (Å²) in [5.74, 6) is -0.907. The third kappa shape index (κ3) is 4.19. The van der Waals surface area contributed by atoms with Crippen molar-refractivity contribution in [2.75, 3.05) is 46.0 Å². The van der Waals surface area contributed by atoms with Crippen LogP contribution in [0.1, 0.15) is 50.8 Å². The molecular formula is C21H27N3O5. The summed E-state index contributed by atoms with van der Waals surface area (Å²) in [5, 5.41) is 2.93. The quantitative estimate of drug-likeness (QED) is 0.713. The molecule has 1 N–H and O–H groups in total. The molecule has 3 amide bonds. The van der Waals surface area contributed by atoms with Gasteiger partial charge >= 0.3 is 0 Å². The number of benzene rings is 1. The van der Waals surface area contributed by atoms with Crippen LogP contribution in [-0.4, -0.2) is 85.7 Å². The van der Waals surface area contributed by atoms with Gasteiger partial charge in [-0.2, -0.15) is 0 Å². The van der Waals surface area contributed by atoms with Crippen molar-refractivity contribution in [3.05, 3.63) is 34.9 Å². The highest BCUT2D eigenvalue weighted by molar-refractivity contribution is 6.22. The number of nitrogens with one attached hydrogen (secondary N) is 1. The Morgan fingerprint density at radius 3 is 2.66 bits per heavy atom. The molecule has 2 unspecified atom stereocenters. The molecule has 156 valence electrons. The molecule has 0 aromatic heterocycles. The molecule has 3 aliphatic heterocycles. The summed E-state index contributed by atoms with van der Waals surface area (Å²) in [6, 6.07) is 4.90. The lowest BCUT2D eigenvalue weighted by Gasteiger charge is -2.32. The maximum atomic E-state index is 12.7. The zero-order chi connectivity index (χ0) is 20.4. The van der Waals surface area contributed by atoms with Crippen LogP contribution in [0.4, 0.5) is 0 Å². The van der Waals surface area contributed by atoms with Crippen LogP contribution in [0.2, 0.25) is 0 Å². The average Bonchev–Trinajstić information content (AvgIpc) is 3.35. The summed E-state index contributed by atoms with van der Waals surface area (Å²) in [4.78, 5) is 41.5. The SMILES string of the molecule is CC(CNC(=O)c1ccc2c(c1)C(=O)N(CC1CCCO1)C2=O)N1CCOCC1. The summed E-state index contributed by atoms with van der Waals surface area (Å²) in [7, 11) is 0. The number of nitrogens with zero attached hydrogens (tertiary/aromatic N) is 2. The molecule has 29 heavy (non-hydrogen) atoms. The van der Waals surface area contributed by atoms with E-state index in [1.807, 2.05) is 0 Å². The zero-order valence-corrected chi connectivity index (χ0v) is 16.7. The Bertz CT molecular complexity index is 800. The first kappa shape index (κ1) is 20.0. The van der Waals surface area contributed by atoms with Crippen molar-refractivity contribution in [2.45, 2.75) is 31.9 Å². The van der Waals surface area contributed by atoms with E-state index in [1.165, 1.54) is 11.0 Å². The molecule has 3 heterocycles. The Hall–Kier alpha value is -2.29. The molecule has 8 nitrogen and oxygen atoms in total. The van der Waals surface area contributed by atoms with E-state index in [4.69, 9.17) is 9.47 Å². The largest absolute Gasteiger partial charge is 0.379 e. The van der Waals surface area contributed by atoms with Crippen LogP contribution in [0.15, 0.2) is 18.2 Å². The Morgan fingerprint density at radius 1 is 1.17 bits per heavy atom. The molecule has 4 rings (SSSR count). The number of hydrogen-bond acceptors (Lipinski definition) is 6. The Balaban J connectivity index is 1.39. The first-order valence-corrected chi connectivity index (χ1v) is 10.3. The number of ether oxygens (including phenoxy) is 2. The normalized spacial score (nSPS) is 23.3. The summed E-state index contributed by atoms with van der Waals surface area (Å²) >= 11 is 0. The Kier molecular flexibility index (Phi) is 5.94. The fourth-order valence-electron chi connectivity index (χ4n) is 4.08. The summed E-state index contributed by atoms with van der Waals surface area (Å²) in [5.41, 5.74) is 1.03. The Morgan fingerprint density at radius 2 is 1.93 bits per heavy atom. The zero-order valence-electron chi connectivity index (χ0n) is 16.7. The highest BCUT2D eigenvalue weighted by atomic mass is 16.5. The van der Waals surface area contributed by atoms with E-state index in [2.05, 4.69) is 17.1 Å². The minimum atomic E-state index is -0.350. The van der Waals surface area contributed by atoms with Crippen molar-refractivity contribution in [1.82, 2.24) is 15.1 Å². The van der Waals surface area contributed by atoms with Gasteiger partial charge in [-0.15, -0.1) is 0 Å². The number of amides is 3. The number of carbonyl (C=O) groups is 3. The molecule has 1 aromatic rings. The molecule has 2 atom stereocenters. The van der Waals surface area contributed by atoms with E-state index in [9.17, 15) is 14.4 Å². The molecule has 0 spiro atoms. The lowest BCUT2D eigenvalue weighted by atomic mass is 10.1. The van der Waals surface area contributed by atoms with Gasteiger partial charge in [0, 0.05) is 37.8 Å². The molecule has 0 radical (unpaired) electrons. The average molecular weight is 401 g/mol. The van der Waals surface area contributed by atoms with E-state index in [-0.39, 0.29) is 36.4 Å². The van der Waals surface area contributed by atoms with Crippen molar-refractivity contribution >= 4 is 17.7 Å². The van der Waals surface area contributed by atoms with Gasteiger partial charge in [-0.3, -0.25) is 24.2 Å². The van der Waals surface area contributed by atoms with Crippen molar-refractivity contribution < 1.29 is 23.9 Å². The van der Waals surface area contributed by atoms with Gasteiger partial charge < -0.3 is 14.8 Å². The monoisotopic (exact) mass is 401 g/mol. The molecule has 3 aliphatic rings. The van der Waals surface area contributed by atoms with Gasteiger partial charge in [0.2, 0.25) is 0 Å². The van der Waals surface area contributed by atoms with E-state index >= 15 is 0 Å². The summed E-state index contributed by atoms with van der Waals surface area (Å²) in [6.07, 6.45) is 1.70. The van der Waals surface area contributed by atoms with Gasteiger partial charge in [0.15, 0.2) is 0 Å². The van der Waals surface area contributed by atoms with Crippen LogP contribution >= 0.6 is 0 Å². The van der Waals surface area contributed by atoms with Crippen LogP contribution in [0, 0.1) is 0 Å². The van der Waals surface area contributed by atoms with Crippen molar-refractivity contribution in [3.63, 3.8) is 0 Å². The second-order valence-corrected chi connectivity index (χ2v) is 7.82. The first-order valence-electron chi connectivity index (χ1n) is 10.3. The molecule has 8 heteroatoms. The second kappa shape index (κ2) is 8.61. The predicted molar refractivity (Wildman–Crippen MR) is 105 cm³/mol. The highest BCUT2D eigenvalue weighted by Gasteiger charge is 2.38. The summed E-state index contributed by atoms with van der Waals surface area (Å²) < 4.78 is 10.9. The standard InChI is InChI=1S/C21H27N3O5/c1-14(23-6-9-28-10-7-23)12-22-19(25)15-4-5-17-18(11-15)21(27)24(20(17)26)13-16-3-2-8-29-16/h4-5,11,14,16H,2-3,6-10,12-13H2,1H3,(H,22,25). The van der Waals surface area contributed by atoms with Crippen LogP contribution in [0.25, 0.3) is 0 Å². The van der Waals surface area contributed by atoms with Crippen LogP contribution in [0.5, 0.6) is 0 Å². The van der Waals surface area contributed by atoms with Crippen molar-refractivity contribution in [3.8, 4) is 0 Å². The lowest BCUT2D eigenvalue weighted by molar-refractivity contribution is 0.0204. The molecule has 1 aromatic carbocycles. The minimum Gasteiger partial charge on any atom is -0.379 e. The number of imide groups is 1. The molecule has 2 saturated heterocycles. The first-order chi connectivity index (χ1) is 14.0. The summed E-state index contributed by atoms with van der Waals surface area (Å²) in [6.45, 7) is 6.64. The number of rotatable bonds is 6. The van der Waals surface area contributed by atoms with Crippen LogP contribution in [0.3, 0.4) is 0 Å². The smallest absolute Gasteiger partial charge is 0.261 e. The van der Waals surface area contributed by atoms with Gasteiger partial charge in [0.1, 0.15) is 0 Å². The van der Waals surface area contributed by atoms with Crippen LogP contribution in [-0.2, 0) is 9.47 Å². The third-order valence-corrected chi connectivity index (χ3v) is 5.87. The predicted octanol–water partition coefficient (Wildman–Crippen LogP) is 0.912. The van der Waals surface area contributed by atoms with E-state index in [0.29, 0.717) is 43.1 Å². The topological polar surface area (TPSA) is 88.2 Å². The highest BCUT2D eigenvalue weighted by Crippen LogP contribution is 2.26. The fourth-order valence-corrected chi connectivity index (χ4v) is 4.08. The van der Waals surface area contributed by atoms with E-state index in [1.54, 1.807) is 12.1 Å². The van der Waals surface area contributed by atoms with Gasteiger partial charge in [0.25, 0.3) is 17.7 Å². The van der Waals surface area contributed by atoms with Gasteiger partial charge in [0.05, 0.1) is 37.0 Å². The maximum Gasteiger partial charge on any atom is 0.261 e. The lowest BCUT2D eigenvalue weighted by Crippen LogP contribution is -2.47. The number of carbonyl (C=O) groups excluding carboxylic acids is 3. The van der Waals surface area contributed by atoms with Crippen molar-refractivity contribution in [1.29, 1.82) is 0 Å². The molecular weight excluding hydrogens is 374 g/mol. The van der Waals surface area contributed by atoms with Gasteiger partial charge in [-0.1, -0.05) is 0 Å². The minimum absolute atomic E-state index is 0.0957. The maximum absolute atomic E-state index is 12.7. The second-order valence-electron chi connectivity index (χ2n) is 7.82. The molecule has 2 fully saturated rings. The van der Waals surface area contributed by atoms with Gasteiger partial charge in [-0.25, -0.2) is 0 Å². The van der Waals surface area contributed by atoms with E-state index < -0.39 is 0 Å². The number of morpholine rings is 1. The molecule has 0 aliphatic carbocycles. The number of fused-ring (bicyclic) bond motifs is 1. The number of hydrogen-bond donors (Lipinski definition) is 1. The van der Waals surface area contributed by atoms with E-state index in [0.717, 1.165) is 25.9 Å². The fraction of sp³-hybridized carbons (Fsp3) is 0.571. The third-order valence-electron chi connectivity index (χ3n) is 5.87. The van der Waals surface area contributed by atoms with Crippen LogP contribution < -0.4 is 5.32 Å². The van der Waals surface area contributed by atoms with Crippen molar-refractivity contribution in [2.24, 2.45) is 0 Å². The molecule has 0 saturated carbocycles. The Labute approximate surface area is 170 Å².